The van der Waals surface area contributed by atoms with Crippen LogP contribution in [-0.4, -0.2) is 44.9 Å². The fraction of sp³-hybridized carbons (Fsp3) is 0.158. The van der Waals surface area contributed by atoms with E-state index in [0.717, 1.165) is 22.4 Å². The molecule has 0 atom stereocenters. The average molecular weight is 981 g/mol. The molecule has 0 amide bonds. The van der Waals surface area contributed by atoms with Gasteiger partial charge in [-0.2, -0.15) is 0 Å². The molecule has 0 radical (unpaired) electrons. The lowest BCUT2D eigenvalue weighted by atomic mass is 9.78. The zero-order valence-corrected chi connectivity index (χ0v) is 42.3. The van der Waals surface area contributed by atoms with Gasteiger partial charge in [-0.3, -0.25) is 0 Å². The first-order valence-corrected chi connectivity index (χ1v) is 27.1. The highest BCUT2D eigenvalue weighted by molar-refractivity contribution is 7.91. The number of sulfone groups is 3. The molecule has 0 heterocycles. The third kappa shape index (κ3) is 14.0. The molecule has 8 aromatic carbocycles. The van der Waals surface area contributed by atoms with Gasteiger partial charge in [0, 0.05) is 17.9 Å². The van der Waals surface area contributed by atoms with Crippen LogP contribution in [0.25, 0.3) is 11.1 Å². The van der Waals surface area contributed by atoms with Gasteiger partial charge in [-0.25, -0.2) is 25.3 Å². The van der Waals surface area contributed by atoms with Gasteiger partial charge >= 0.3 is 0 Å². The number of benzene rings is 8. The van der Waals surface area contributed by atoms with Crippen LogP contribution < -0.4 is 14.2 Å². The van der Waals surface area contributed by atoms with Crippen molar-refractivity contribution in [2.45, 2.75) is 59.6 Å². The quantitative estimate of drug-likeness (QED) is 0.117. The van der Waals surface area contributed by atoms with E-state index < -0.39 is 29.5 Å². The minimum absolute atomic E-state index is 0.135. The Bertz CT molecular complexity index is 3280. The summed E-state index contributed by atoms with van der Waals surface area (Å²) >= 11 is 0. The maximum atomic E-state index is 12.9. The molecule has 0 aliphatic carbocycles. The van der Waals surface area contributed by atoms with Crippen LogP contribution in [0.3, 0.4) is 0 Å². The zero-order valence-electron chi connectivity index (χ0n) is 39.9. The molecule has 0 fully saturated rings. The van der Waals surface area contributed by atoms with E-state index in [1.165, 1.54) is 46.9 Å². The normalized spacial score (nSPS) is 11.5. The van der Waals surface area contributed by atoms with E-state index in [1.54, 1.807) is 79.9 Å². The van der Waals surface area contributed by atoms with Crippen molar-refractivity contribution in [3.05, 3.63) is 222 Å². The summed E-state index contributed by atoms with van der Waals surface area (Å²) in [5.74, 6) is 3.21. The topological polar surface area (TPSA) is 130 Å². The van der Waals surface area contributed by atoms with Gasteiger partial charge in [0.15, 0.2) is 19.7 Å². The Morgan fingerprint density at radius 2 is 0.580 bits per heavy atom. The Morgan fingerprint density at radius 1 is 0.333 bits per heavy atom. The number of rotatable bonds is 12. The second-order valence-corrected chi connectivity index (χ2v) is 23.1. The van der Waals surface area contributed by atoms with Crippen LogP contribution in [0, 0.1) is 20.8 Å². The molecule has 69 heavy (non-hydrogen) atoms. The molecule has 356 valence electrons. The Morgan fingerprint density at radius 3 is 0.928 bits per heavy atom. The summed E-state index contributed by atoms with van der Waals surface area (Å²) in [5, 5.41) is 0. The number of hydrogen-bond acceptors (Lipinski definition) is 9. The summed E-state index contributed by atoms with van der Waals surface area (Å²) in [6, 6.07) is 58.6. The Hall–Kier alpha value is -6.99. The van der Waals surface area contributed by atoms with Crippen molar-refractivity contribution in [2.75, 3.05) is 19.6 Å². The largest absolute Gasteiger partial charge is 0.497 e. The van der Waals surface area contributed by atoms with Crippen molar-refractivity contribution < 1.29 is 39.5 Å². The van der Waals surface area contributed by atoms with Crippen LogP contribution in [0.4, 0.5) is 0 Å². The fourth-order valence-corrected chi connectivity index (χ4v) is 9.45. The van der Waals surface area contributed by atoms with Crippen LogP contribution in [0.1, 0.15) is 41.7 Å². The predicted molar refractivity (Wildman–Crippen MR) is 275 cm³/mol. The lowest BCUT2D eigenvalue weighted by Crippen LogP contribution is -2.18. The van der Waals surface area contributed by atoms with Crippen molar-refractivity contribution in [3.63, 3.8) is 0 Å². The molecule has 8 aromatic rings. The van der Waals surface area contributed by atoms with E-state index in [0.29, 0.717) is 32.8 Å². The molecule has 0 unspecified atom stereocenters. The molecule has 0 spiro atoms. The second kappa shape index (κ2) is 22.0. The highest BCUT2D eigenvalue weighted by Crippen LogP contribution is 2.34. The van der Waals surface area contributed by atoms with Crippen molar-refractivity contribution in [2.24, 2.45) is 0 Å². The average Bonchev–Trinajstić information content (AvgIpc) is 3.33. The number of hydrogen-bond donors (Lipinski definition) is 0. The lowest BCUT2D eigenvalue weighted by molar-refractivity contribution is 0.414. The Balaban J connectivity index is 0.000000188. The minimum Gasteiger partial charge on any atom is -0.497 e. The van der Waals surface area contributed by atoms with Gasteiger partial charge in [0.25, 0.3) is 0 Å². The first-order valence-electron chi connectivity index (χ1n) is 21.9. The highest BCUT2D eigenvalue weighted by atomic mass is 32.2. The van der Waals surface area contributed by atoms with E-state index in [9.17, 15) is 25.3 Å². The Kier molecular flexibility index (Phi) is 16.4. The summed E-state index contributed by atoms with van der Waals surface area (Å²) in [6.45, 7) is 10.5. The molecule has 0 bridgehead atoms. The molecule has 0 N–H and O–H groups in total. The summed E-state index contributed by atoms with van der Waals surface area (Å²) in [7, 11) is -8.34. The first kappa shape index (κ1) is 51.4. The molecule has 8 rings (SSSR count). The standard InChI is InChI=1S/C29H28O4S.C14H14O3S.C14H14O2S/c1-21-5-7-22(8-6-21)29(2,3)23-9-11-25(12-10-23)33-26-15-19-28(20-16-26)34(30,31)27-17-13-24(32-4)14-18-27;1-11-3-5-12(6-4-11)17-13-7-9-14(10-8-13)18(2,15)16;1-11-3-5-12(6-4-11)13-7-9-14(10-8-13)17(2,15)16/h5-20H,1-4H3;3-10H,1-2H3;3-10H,1-2H3. The summed E-state index contributed by atoms with van der Waals surface area (Å²) in [4.78, 5) is 1.07. The smallest absolute Gasteiger partial charge is 0.206 e. The monoisotopic (exact) mass is 980 g/mol. The minimum atomic E-state index is -3.62. The molecule has 12 heteroatoms. The number of aryl methyl sites for hydroxylation is 3. The van der Waals surface area contributed by atoms with Crippen LogP contribution in [-0.2, 0) is 34.9 Å². The van der Waals surface area contributed by atoms with Gasteiger partial charge in [0.05, 0.1) is 26.7 Å². The van der Waals surface area contributed by atoms with E-state index in [1.807, 2.05) is 86.6 Å². The van der Waals surface area contributed by atoms with Gasteiger partial charge < -0.3 is 14.2 Å². The van der Waals surface area contributed by atoms with E-state index in [4.69, 9.17) is 14.2 Å². The summed E-state index contributed by atoms with van der Waals surface area (Å²) in [6.07, 6.45) is 2.40. The molecular formula is C57H56O9S3. The zero-order chi connectivity index (χ0) is 50.0. The first-order chi connectivity index (χ1) is 32.6. The van der Waals surface area contributed by atoms with Crippen LogP contribution >= 0.6 is 0 Å². The van der Waals surface area contributed by atoms with Gasteiger partial charge in [-0.15, -0.1) is 0 Å². The molecule has 0 aliphatic heterocycles. The SMILES string of the molecule is COc1ccc(S(=O)(=O)c2ccc(Oc3ccc(C(C)(C)c4ccc(C)cc4)cc3)cc2)cc1.Cc1ccc(-c2ccc(S(C)(=O)=O)cc2)cc1.Cc1ccc(Oc2ccc(S(C)(=O)=O)cc2)cc1. The van der Waals surface area contributed by atoms with Crippen molar-refractivity contribution in [1.82, 2.24) is 0 Å². The molecule has 0 aliphatic rings. The van der Waals surface area contributed by atoms with Gasteiger partial charge in [-0.1, -0.05) is 115 Å². The molecule has 0 saturated carbocycles. The number of methoxy groups -OCH3 is 1. The third-order valence-corrected chi connectivity index (χ3v) is 15.3. The molecular weight excluding hydrogens is 925 g/mol. The fourth-order valence-electron chi connectivity index (χ4n) is 6.93. The summed E-state index contributed by atoms with van der Waals surface area (Å²) in [5.41, 5.74) is 8.03. The van der Waals surface area contributed by atoms with Crippen molar-refractivity contribution in [1.29, 1.82) is 0 Å². The lowest BCUT2D eigenvalue weighted by Gasteiger charge is -2.26. The van der Waals surface area contributed by atoms with E-state index in [-0.39, 0.29) is 15.2 Å². The van der Waals surface area contributed by atoms with Crippen molar-refractivity contribution in [3.8, 4) is 39.9 Å². The third-order valence-electron chi connectivity index (χ3n) is 11.3. The van der Waals surface area contributed by atoms with Crippen LogP contribution in [0.2, 0.25) is 0 Å². The summed E-state index contributed by atoms with van der Waals surface area (Å²) < 4.78 is 87.7. The predicted octanol–water partition coefficient (Wildman–Crippen LogP) is 13.2. The molecule has 0 saturated heterocycles. The number of ether oxygens (including phenoxy) is 3. The second-order valence-electron chi connectivity index (χ2n) is 17.1. The van der Waals surface area contributed by atoms with Gasteiger partial charge in [0.2, 0.25) is 9.84 Å². The van der Waals surface area contributed by atoms with Crippen LogP contribution in [0.15, 0.2) is 214 Å². The maximum absolute atomic E-state index is 12.9. The highest BCUT2D eigenvalue weighted by Gasteiger charge is 2.23. The van der Waals surface area contributed by atoms with E-state index >= 15 is 0 Å². The van der Waals surface area contributed by atoms with Crippen molar-refractivity contribution >= 4 is 29.5 Å². The molecule has 0 aromatic heterocycles. The van der Waals surface area contributed by atoms with Crippen LogP contribution in [0.5, 0.6) is 28.7 Å². The molecule has 9 nitrogen and oxygen atoms in total. The van der Waals surface area contributed by atoms with Gasteiger partial charge in [-0.05, 0) is 152 Å². The van der Waals surface area contributed by atoms with E-state index in [2.05, 4.69) is 57.2 Å². The maximum Gasteiger partial charge on any atom is 0.206 e. The Labute approximate surface area is 407 Å². The van der Waals surface area contributed by atoms with Gasteiger partial charge in [0.1, 0.15) is 28.7 Å².